The number of ether oxygens (including phenoxy) is 3. The van der Waals surface area contributed by atoms with E-state index < -0.39 is 0 Å². The van der Waals surface area contributed by atoms with Gasteiger partial charge in [-0.15, -0.1) is 0 Å². The summed E-state index contributed by atoms with van der Waals surface area (Å²) in [5.74, 6) is 1.48. The normalized spacial score (nSPS) is 33.3. The third-order valence-electron chi connectivity index (χ3n) is 7.17. The zero-order chi connectivity index (χ0) is 20.6. The van der Waals surface area contributed by atoms with Crippen LogP contribution >= 0.6 is 0 Å². The second-order valence-corrected chi connectivity index (χ2v) is 9.80. The van der Waals surface area contributed by atoms with Crippen LogP contribution in [0, 0.1) is 11.8 Å². The molecule has 0 aliphatic carbocycles. The fourth-order valence-electron chi connectivity index (χ4n) is 5.49. The molecule has 3 aliphatic rings. The van der Waals surface area contributed by atoms with E-state index in [9.17, 15) is 4.79 Å². The third kappa shape index (κ3) is 3.91. The Labute approximate surface area is 174 Å². The molecule has 0 saturated carbocycles. The molecule has 1 N–H and O–H groups in total. The Kier molecular flexibility index (Phi) is 5.64. The van der Waals surface area contributed by atoms with Crippen molar-refractivity contribution in [3.63, 3.8) is 0 Å². The highest BCUT2D eigenvalue weighted by atomic mass is 16.5. The highest BCUT2D eigenvalue weighted by molar-refractivity contribution is 5.89. The van der Waals surface area contributed by atoms with Gasteiger partial charge in [-0.1, -0.05) is 20.3 Å². The molecule has 29 heavy (non-hydrogen) atoms. The average molecular weight is 402 g/mol. The molecule has 0 unspecified atom stereocenters. The minimum atomic E-state index is -0.320. The molecule has 5 nitrogen and oxygen atoms in total. The molecule has 4 rings (SSSR count). The second kappa shape index (κ2) is 7.92. The molecule has 5 heteroatoms. The molecule has 0 radical (unpaired) electrons. The summed E-state index contributed by atoms with van der Waals surface area (Å²) >= 11 is 0. The van der Waals surface area contributed by atoms with E-state index in [1.54, 1.807) is 6.07 Å². The highest BCUT2D eigenvalue weighted by Gasteiger charge is 2.54. The summed E-state index contributed by atoms with van der Waals surface area (Å²) in [7, 11) is 1.42. The maximum absolute atomic E-state index is 12.1. The van der Waals surface area contributed by atoms with E-state index in [0.717, 1.165) is 50.1 Å². The number of hydrogen-bond donors (Lipinski definition) is 1. The monoisotopic (exact) mass is 401 g/mol. The predicted molar refractivity (Wildman–Crippen MR) is 112 cm³/mol. The summed E-state index contributed by atoms with van der Waals surface area (Å²) in [6, 6.07) is 5.62. The Balaban J connectivity index is 1.67. The van der Waals surface area contributed by atoms with Gasteiger partial charge in [0.25, 0.3) is 0 Å². The number of nitrogens with one attached hydrogen (secondary N) is 1. The van der Waals surface area contributed by atoms with Crippen molar-refractivity contribution in [1.82, 2.24) is 5.32 Å². The van der Waals surface area contributed by atoms with Crippen molar-refractivity contribution in [3.8, 4) is 5.75 Å². The van der Waals surface area contributed by atoms with E-state index in [-0.39, 0.29) is 29.1 Å². The molecule has 3 aliphatic heterocycles. The van der Waals surface area contributed by atoms with E-state index in [1.807, 2.05) is 12.1 Å². The number of hydrogen-bond acceptors (Lipinski definition) is 5. The summed E-state index contributed by atoms with van der Waals surface area (Å²) in [5.41, 5.74) is 1.35. The Morgan fingerprint density at radius 1 is 1.38 bits per heavy atom. The lowest BCUT2D eigenvalue weighted by Crippen LogP contribution is -2.58. The van der Waals surface area contributed by atoms with Gasteiger partial charge in [0, 0.05) is 17.0 Å². The summed E-state index contributed by atoms with van der Waals surface area (Å²) < 4.78 is 18.2. The molecular weight excluding hydrogens is 366 g/mol. The van der Waals surface area contributed by atoms with Crippen LogP contribution in [0.25, 0.3) is 0 Å². The summed E-state index contributed by atoms with van der Waals surface area (Å²) in [4.78, 5) is 12.1. The SMILES string of the molecule is COC(=O)c1ccc2c(c1)[C@@H]1OC[C@]3(CCCN3)C[C@H]1[C@](C)(CCCC(C)C)O2. The standard InChI is InChI=1S/C24H35NO4/c1-16(2)7-5-10-23(3)19-14-24(11-6-12-25-24)15-28-21(19)18-13-17(22(26)27-4)8-9-20(18)29-23/h8-9,13,16,19,21,25H,5-7,10-12,14-15H2,1-4H3/t19-,21+,23+,24+/m1/s1. The number of rotatable bonds is 5. The number of methoxy groups -OCH3 is 1. The van der Waals surface area contributed by atoms with E-state index in [4.69, 9.17) is 14.2 Å². The first-order valence-electron chi connectivity index (χ1n) is 11.1. The summed E-state index contributed by atoms with van der Waals surface area (Å²) in [6.45, 7) is 8.60. The smallest absolute Gasteiger partial charge is 0.337 e. The first kappa shape index (κ1) is 20.7. The first-order chi connectivity index (χ1) is 13.9. The minimum Gasteiger partial charge on any atom is -0.487 e. The molecule has 4 atom stereocenters. The van der Waals surface area contributed by atoms with Gasteiger partial charge in [-0.05, 0) is 69.7 Å². The van der Waals surface area contributed by atoms with Gasteiger partial charge < -0.3 is 19.5 Å². The number of carbonyl (C=O) groups is 1. The van der Waals surface area contributed by atoms with E-state index in [0.29, 0.717) is 11.5 Å². The van der Waals surface area contributed by atoms with Crippen LogP contribution in [0.5, 0.6) is 5.75 Å². The summed E-state index contributed by atoms with van der Waals surface area (Å²) in [5, 5.41) is 3.73. The molecular formula is C24H35NO4. The van der Waals surface area contributed by atoms with Crippen LogP contribution in [0.3, 0.4) is 0 Å². The molecule has 0 amide bonds. The molecule has 3 heterocycles. The van der Waals surface area contributed by atoms with Crippen LogP contribution in [0.4, 0.5) is 0 Å². The number of benzene rings is 1. The van der Waals surface area contributed by atoms with Gasteiger partial charge in [0.15, 0.2) is 0 Å². The minimum absolute atomic E-state index is 0.0413. The molecule has 2 fully saturated rings. The van der Waals surface area contributed by atoms with Crippen molar-refractivity contribution < 1.29 is 19.0 Å². The van der Waals surface area contributed by atoms with Crippen molar-refractivity contribution >= 4 is 5.97 Å². The Morgan fingerprint density at radius 2 is 2.21 bits per heavy atom. The largest absolute Gasteiger partial charge is 0.487 e. The lowest BCUT2D eigenvalue weighted by Gasteiger charge is -2.53. The number of fused-ring (bicyclic) bond motifs is 3. The van der Waals surface area contributed by atoms with Crippen LogP contribution < -0.4 is 10.1 Å². The number of esters is 1. The predicted octanol–water partition coefficient (Wildman–Crippen LogP) is 4.65. The van der Waals surface area contributed by atoms with E-state index >= 15 is 0 Å². The van der Waals surface area contributed by atoms with Gasteiger partial charge in [-0.25, -0.2) is 4.79 Å². The maximum atomic E-state index is 12.1. The highest BCUT2D eigenvalue weighted by Crippen LogP contribution is 2.54. The molecule has 160 valence electrons. The van der Waals surface area contributed by atoms with Gasteiger partial charge in [0.2, 0.25) is 0 Å². The van der Waals surface area contributed by atoms with Crippen molar-refractivity contribution in [2.24, 2.45) is 11.8 Å². The van der Waals surface area contributed by atoms with Gasteiger partial charge in [0.05, 0.1) is 25.4 Å². The quantitative estimate of drug-likeness (QED) is 0.728. The maximum Gasteiger partial charge on any atom is 0.337 e. The second-order valence-electron chi connectivity index (χ2n) is 9.80. The average Bonchev–Trinajstić information content (AvgIpc) is 3.15. The fourth-order valence-corrected chi connectivity index (χ4v) is 5.49. The van der Waals surface area contributed by atoms with E-state index in [1.165, 1.54) is 20.0 Å². The Bertz CT molecular complexity index is 755. The lowest BCUT2D eigenvalue weighted by molar-refractivity contribution is -0.154. The van der Waals surface area contributed by atoms with Gasteiger partial charge >= 0.3 is 5.97 Å². The number of carbonyl (C=O) groups excluding carboxylic acids is 1. The molecule has 1 spiro atoms. The van der Waals surface area contributed by atoms with E-state index in [2.05, 4.69) is 26.1 Å². The Hall–Kier alpha value is -1.59. The zero-order valence-electron chi connectivity index (χ0n) is 18.3. The molecule has 1 aromatic carbocycles. The lowest BCUT2D eigenvalue weighted by atomic mass is 9.68. The molecule has 0 bridgehead atoms. The van der Waals surface area contributed by atoms with Crippen LogP contribution in [0.2, 0.25) is 0 Å². The molecule has 1 aromatic rings. The molecule has 2 saturated heterocycles. The van der Waals surface area contributed by atoms with Crippen molar-refractivity contribution in [3.05, 3.63) is 29.3 Å². The fraction of sp³-hybridized carbons (Fsp3) is 0.708. The van der Waals surface area contributed by atoms with Gasteiger partial charge in [0.1, 0.15) is 11.4 Å². The van der Waals surface area contributed by atoms with Crippen molar-refractivity contribution in [2.45, 2.75) is 76.5 Å². The molecule has 0 aromatic heterocycles. The van der Waals surface area contributed by atoms with Gasteiger partial charge in [-0.3, -0.25) is 0 Å². The Morgan fingerprint density at radius 3 is 2.90 bits per heavy atom. The zero-order valence-corrected chi connectivity index (χ0v) is 18.3. The van der Waals surface area contributed by atoms with Crippen LogP contribution in [0.15, 0.2) is 18.2 Å². The van der Waals surface area contributed by atoms with Crippen LogP contribution in [-0.4, -0.2) is 37.4 Å². The first-order valence-corrected chi connectivity index (χ1v) is 11.1. The topological polar surface area (TPSA) is 56.8 Å². The third-order valence-corrected chi connectivity index (χ3v) is 7.17. The van der Waals surface area contributed by atoms with Crippen molar-refractivity contribution in [2.75, 3.05) is 20.3 Å². The van der Waals surface area contributed by atoms with Gasteiger partial charge in [-0.2, -0.15) is 0 Å². The van der Waals surface area contributed by atoms with Crippen LogP contribution in [0.1, 0.15) is 81.3 Å². The summed E-state index contributed by atoms with van der Waals surface area (Å²) in [6.07, 6.45) is 6.74. The van der Waals surface area contributed by atoms with Crippen molar-refractivity contribution in [1.29, 1.82) is 0 Å². The van der Waals surface area contributed by atoms with Crippen LogP contribution in [-0.2, 0) is 9.47 Å².